The van der Waals surface area contributed by atoms with Crippen molar-refractivity contribution in [2.45, 2.75) is 25.3 Å². The summed E-state index contributed by atoms with van der Waals surface area (Å²) < 4.78 is 24.1. The van der Waals surface area contributed by atoms with Crippen LogP contribution in [0, 0.1) is 0 Å². The Morgan fingerprint density at radius 2 is 2.14 bits per heavy atom. The standard InChI is InChI=1S/C7H13BrN2O3S/c8-5-14(12,13)10-4-2-1-3-6(10)7(9)11/h6H,1-5H2,(H2,9,11). The summed E-state index contributed by atoms with van der Waals surface area (Å²) in [4.78, 5) is 11.0. The lowest BCUT2D eigenvalue weighted by molar-refractivity contribution is -0.122. The second-order valence-electron chi connectivity index (χ2n) is 3.25. The molecule has 0 aliphatic carbocycles. The minimum absolute atomic E-state index is 0.163. The molecule has 0 bridgehead atoms. The van der Waals surface area contributed by atoms with E-state index in [1.165, 1.54) is 4.31 Å². The molecule has 0 radical (unpaired) electrons. The number of alkyl halides is 1. The number of hydrogen-bond acceptors (Lipinski definition) is 3. The number of primary amides is 1. The molecule has 0 aromatic heterocycles. The van der Waals surface area contributed by atoms with E-state index in [1.807, 2.05) is 0 Å². The fourth-order valence-corrected chi connectivity index (χ4v) is 3.50. The van der Waals surface area contributed by atoms with Crippen molar-refractivity contribution in [3.8, 4) is 0 Å². The lowest BCUT2D eigenvalue weighted by Crippen LogP contribution is -2.50. The third-order valence-electron chi connectivity index (χ3n) is 2.28. The van der Waals surface area contributed by atoms with E-state index in [9.17, 15) is 13.2 Å². The number of carbonyl (C=O) groups excluding carboxylic acids is 1. The lowest BCUT2D eigenvalue weighted by Gasteiger charge is -2.31. The van der Waals surface area contributed by atoms with Crippen LogP contribution >= 0.6 is 15.9 Å². The summed E-state index contributed by atoms with van der Waals surface area (Å²) in [7, 11) is -3.37. The van der Waals surface area contributed by atoms with Crippen LogP contribution in [0.2, 0.25) is 0 Å². The fourth-order valence-electron chi connectivity index (χ4n) is 1.58. The highest BCUT2D eigenvalue weighted by atomic mass is 79.9. The number of amides is 1. The van der Waals surface area contributed by atoms with E-state index in [4.69, 9.17) is 5.73 Å². The summed E-state index contributed by atoms with van der Waals surface area (Å²) in [6.45, 7) is 0.390. The molecule has 0 saturated carbocycles. The third-order valence-corrected chi connectivity index (χ3v) is 5.44. The van der Waals surface area contributed by atoms with Gasteiger partial charge >= 0.3 is 0 Å². The average Bonchev–Trinajstić information content (AvgIpc) is 2.18. The van der Waals surface area contributed by atoms with E-state index in [1.54, 1.807) is 0 Å². The monoisotopic (exact) mass is 284 g/mol. The lowest BCUT2D eigenvalue weighted by atomic mass is 10.0. The molecular formula is C7H13BrN2O3S. The molecule has 0 spiro atoms. The van der Waals surface area contributed by atoms with Gasteiger partial charge < -0.3 is 5.73 Å². The maximum Gasteiger partial charge on any atom is 0.235 e. The number of carbonyl (C=O) groups is 1. The molecule has 7 heteroatoms. The topological polar surface area (TPSA) is 80.5 Å². The molecule has 1 rings (SSSR count). The second-order valence-corrected chi connectivity index (χ2v) is 6.47. The van der Waals surface area contributed by atoms with Gasteiger partial charge in [0.15, 0.2) is 0 Å². The van der Waals surface area contributed by atoms with Crippen LogP contribution in [0.5, 0.6) is 0 Å². The SMILES string of the molecule is NC(=O)C1CCCCN1S(=O)(=O)CBr. The molecule has 1 aliphatic rings. The molecular weight excluding hydrogens is 272 g/mol. The molecule has 1 aliphatic heterocycles. The third kappa shape index (κ3) is 2.46. The zero-order chi connectivity index (χ0) is 10.8. The van der Waals surface area contributed by atoms with Crippen molar-refractivity contribution < 1.29 is 13.2 Å². The van der Waals surface area contributed by atoms with Gasteiger partial charge in [0.2, 0.25) is 15.9 Å². The van der Waals surface area contributed by atoms with Crippen molar-refractivity contribution in [3.05, 3.63) is 0 Å². The molecule has 1 saturated heterocycles. The van der Waals surface area contributed by atoms with E-state index < -0.39 is 22.0 Å². The van der Waals surface area contributed by atoms with Gasteiger partial charge in [-0.3, -0.25) is 4.79 Å². The van der Waals surface area contributed by atoms with Crippen molar-refractivity contribution in [3.63, 3.8) is 0 Å². The summed E-state index contributed by atoms with van der Waals surface area (Å²) in [5.41, 5.74) is 5.15. The number of halogens is 1. The van der Waals surface area contributed by atoms with Crippen molar-refractivity contribution in [1.82, 2.24) is 4.31 Å². The molecule has 14 heavy (non-hydrogen) atoms. The summed E-state index contributed by atoms with van der Waals surface area (Å²) in [6, 6.07) is -0.661. The highest BCUT2D eigenvalue weighted by Gasteiger charge is 2.34. The van der Waals surface area contributed by atoms with Gasteiger partial charge in [-0.1, -0.05) is 22.4 Å². The summed E-state index contributed by atoms with van der Waals surface area (Å²) in [5.74, 6) is -0.561. The van der Waals surface area contributed by atoms with Gasteiger partial charge in [-0.25, -0.2) is 8.42 Å². The van der Waals surface area contributed by atoms with Gasteiger partial charge in [-0.05, 0) is 12.8 Å². The van der Waals surface area contributed by atoms with Gasteiger partial charge in [0.25, 0.3) is 0 Å². The Bertz CT molecular complexity index is 317. The molecule has 2 N–H and O–H groups in total. The minimum atomic E-state index is -3.37. The molecule has 82 valence electrons. The molecule has 1 amide bonds. The van der Waals surface area contributed by atoms with Crippen LogP contribution < -0.4 is 5.73 Å². The van der Waals surface area contributed by atoms with Gasteiger partial charge in [0.05, 0.1) is 0 Å². The van der Waals surface area contributed by atoms with E-state index in [0.29, 0.717) is 13.0 Å². The highest BCUT2D eigenvalue weighted by Crippen LogP contribution is 2.21. The van der Waals surface area contributed by atoms with E-state index in [0.717, 1.165) is 12.8 Å². The van der Waals surface area contributed by atoms with Crippen LogP contribution in [0.3, 0.4) is 0 Å². The summed E-state index contributed by atoms with van der Waals surface area (Å²) >= 11 is 2.90. The molecule has 1 fully saturated rings. The number of rotatable bonds is 3. The van der Waals surface area contributed by atoms with Crippen molar-refractivity contribution in [2.75, 3.05) is 11.2 Å². The Morgan fingerprint density at radius 1 is 1.50 bits per heavy atom. The van der Waals surface area contributed by atoms with Crippen LogP contribution in [-0.2, 0) is 14.8 Å². The molecule has 5 nitrogen and oxygen atoms in total. The zero-order valence-corrected chi connectivity index (χ0v) is 10.1. The molecule has 1 atom stereocenters. The van der Waals surface area contributed by atoms with E-state index in [-0.39, 0.29) is 4.66 Å². The quantitative estimate of drug-likeness (QED) is 0.742. The molecule has 0 aromatic rings. The smallest absolute Gasteiger partial charge is 0.235 e. The predicted octanol–water partition coefficient (Wildman–Crippen LogP) is 0.00840. The number of sulfonamides is 1. The Morgan fingerprint density at radius 3 is 2.64 bits per heavy atom. The average molecular weight is 285 g/mol. The second kappa shape index (κ2) is 4.59. The zero-order valence-electron chi connectivity index (χ0n) is 7.65. The van der Waals surface area contributed by atoms with Crippen LogP contribution in [0.25, 0.3) is 0 Å². The number of piperidine rings is 1. The predicted molar refractivity (Wildman–Crippen MR) is 56.3 cm³/mol. The van der Waals surface area contributed by atoms with Gasteiger partial charge in [-0.2, -0.15) is 4.31 Å². The number of nitrogens with zero attached hydrogens (tertiary/aromatic N) is 1. The Labute approximate surface area is 91.8 Å². The largest absolute Gasteiger partial charge is 0.368 e. The van der Waals surface area contributed by atoms with Crippen molar-refractivity contribution in [2.24, 2.45) is 5.73 Å². The molecule has 0 aromatic carbocycles. The maximum atomic E-state index is 11.5. The maximum absolute atomic E-state index is 11.5. The van der Waals surface area contributed by atoms with Gasteiger partial charge in [-0.15, -0.1) is 0 Å². The van der Waals surface area contributed by atoms with Crippen LogP contribution in [0.1, 0.15) is 19.3 Å². The molecule has 1 unspecified atom stereocenters. The van der Waals surface area contributed by atoms with Crippen molar-refractivity contribution in [1.29, 1.82) is 0 Å². The molecule has 1 heterocycles. The van der Waals surface area contributed by atoms with Gasteiger partial charge in [0, 0.05) is 6.54 Å². The first-order valence-corrected chi connectivity index (χ1v) is 7.07. The normalized spacial score (nSPS) is 24.8. The first kappa shape index (κ1) is 11.9. The van der Waals surface area contributed by atoms with Crippen LogP contribution in [0.4, 0.5) is 0 Å². The Balaban J connectivity index is 2.88. The van der Waals surface area contributed by atoms with Crippen molar-refractivity contribution >= 4 is 31.9 Å². The van der Waals surface area contributed by atoms with Gasteiger partial charge in [0.1, 0.15) is 10.7 Å². The first-order valence-electron chi connectivity index (χ1n) is 4.34. The minimum Gasteiger partial charge on any atom is -0.368 e. The van der Waals surface area contributed by atoms with E-state index in [2.05, 4.69) is 15.9 Å². The fraction of sp³-hybridized carbons (Fsp3) is 0.857. The van der Waals surface area contributed by atoms with Crippen LogP contribution in [0.15, 0.2) is 0 Å². The Kier molecular flexibility index (Phi) is 3.91. The highest BCUT2D eigenvalue weighted by molar-refractivity contribution is 9.10. The van der Waals surface area contributed by atoms with E-state index >= 15 is 0 Å². The Hall–Kier alpha value is -0.140. The van der Waals surface area contributed by atoms with Crippen LogP contribution in [-0.4, -0.2) is 35.9 Å². The summed E-state index contributed by atoms with van der Waals surface area (Å²) in [6.07, 6.45) is 2.17. The first-order chi connectivity index (χ1) is 6.49. The number of hydrogen-bond donors (Lipinski definition) is 1. The summed E-state index contributed by atoms with van der Waals surface area (Å²) in [5, 5.41) is 0. The number of nitrogens with two attached hydrogens (primary N) is 1.